The van der Waals surface area contributed by atoms with E-state index in [1.165, 1.54) is 21.4 Å². The standard InChI is InChI=1S/C8H14N4O2S.ClH/c1-11-6-8(4-10-11)15(13,14)12-3-2-7(9)5-12;/h4,6-7H,2-3,5,9H2,1H3;1H/t7-;/m1./s1. The summed E-state index contributed by atoms with van der Waals surface area (Å²) < 4.78 is 26.9. The van der Waals surface area contributed by atoms with Crippen molar-refractivity contribution >= 4 is 22.4 Å². The van der Waals surface area contributed by atoms with Crippen LogP contribution in [-0.2, 0) is 17.1 Å². The van der Waals surface area contributed by atoms with E-state index in [0.717, 1.165) is 6.42 Å². The van der Waals surface area contributed by atoms with Gasteiger partial charge in [0.05, 0.1) is 6.20 Å². The minimum Gasteiger partial charge on any atom is -0.326 e. The van der Waals surface area contributed by atoms with Crippen molar-refractivity contribution in [3.05, 3.63) is 12.4 Å². The van der Waals surface area contributed by atoms with Gasteiger partial charge in [-0.15, -0.1) is 12.4 Å². The van der Waals surface area contributed by atoms with Crippen LogP contribution in [0, 0.1) is 0 Å². The highest BCUT2D eigenvalue weighted by Crippen LogP contribution is 2.19. The summed E-state index contributed by atoms with van der Waals surface area (Å²) in [4.78, 5) is 0.235. The Hall–Kier alpha value is -0.630. The second kappa shape index (κ2) is 4.70. The molecule has 0 spiro atoms. The van der Waals surface area contributed by atoms with E-state index in [1.807, 2.05) is 0 Å². The van der Waals surface area contributed by atoms with Gasteiger partial charge in [0.15, 0.2) is 0 Å². The third-order valence-electron chi connectivity index (χ3n) is 2.51. The maximum Gasteiger partial charge on any atom is 0.246 e. The monoisotopic (exact) mass is 266 g/mol. The van der Waals surface area contributed by atoms with Crippen molar-refractivity contribution in [1.29, 1.82) is 0 Å². The minimum atomic E-state index is -3.38. The molecule has 2 N–H and O–H groups in total. The normalized spacial score (nSPS) is 22.0. The Labute approximate surface area is 101 Å². The van der Waals surface area contributed by atoms with Crippen LogP contribution >= 0.6 is 12.4 Å². The smallest absolute Gasteiger partial charge is 0.246 e. The molecule has 1 aliphatic rings. The number of nitrogens with two attached hydrogens (primary N) is 1. The minimum absolute atomic E-state index is 0. The molecule has 0 radical (unpaired) electrons. The molecule has 1 saturated heterocycles. The van der Waals surface area contributed by atoms with Gasteiger partial charge < -0.3 is 5.73 Å². The van der Waals surface area contributed by atoms with Gasteiger partial charge in [0, 0.05) is 32.4 Å². The predicted molar refractivity (Wildman–Crippen MR) is 61.8 cm³/mol. The molecule has 1 aromatic heterocycles. The van der Waals surface area contributed by atoms with E-state index in [9.17, 15) is 8.42 Å². The summed E-state index contributed by atoms with van der Waals surface area (Å²) in [6.07, 6.45) is 3.58. The number of rotatable bonds is 2. The molecule has 1 aliphatic heterocycles. The summed E-state index contributed by atoms with van der Waals surface area (Å²) in [5.41, 5.74) is 5.68. The molecule has 1 atom stereocenters. The molecular weight excluding hydrogens is 252 g/mol. The molecule has 8 heteroatoms. The maximum absolute atomic E-state index is 12.0. The zero-order valence-corrected chi connectivity index (χ0v) is 10.5. The summed E-state index contributed by atoms with van der Waals surface area (Å²) in [5.74, 6) is 0. The van der Waals surface area contributed by atoms with Gasteiger partial charge in [-0.05, 0) is 6.42 Å². The molecule has 1 aromatic rings. The first-order valence-electron chi connectivity index (χ1n) is 4.74. The lowest BCUT2D eigenvalue weighted by Gasteiger charge is -2.13. The summed E-state index contributed by atoms with van der Waals surface area (Å²) in [6.45, 7) is 0.898. The van der Waals surface area contributed by atoms with Crippen molar-refractivity contribution in [2.45, 2.75) is 17.4 Å². The molecule has 1 fully saturated rings. The SMILES string of the molecule is Cl.Cn1cc(S(=O)(=O)N2CC[C@@H](N)C2)cn1. The summed E-state index contributed by atoms with van der Waals surface area (Å²) in [5, 5.41) is 3.85. The molecule has 6 nitrogen and oxygen atoms in total. The van der Waals surface area contributed by atoms with Gasteiger partial charge in [0.25, 0.3) is 0 Å². The second-order valence-corrected chi connectivity index (χ2v) is 5.70. The third kappa shape index (κ3) is 2.37. The fourth-order valence-electron chi connectivity index (χ4n) is 1.65. The van der Waals surface area contributed by atoms with Crippen LogP contribution in [0.5, 0.6) is 0 Å². The van der Waals surface area contributed by atoms with Crippen LogP contribution < -0.4 is 5.73 Å². The molecule has 0 aromatic carbocycles. The van der Waals surface area contributed by atoms with Crippen molar-refractivity contribution in [2.75, 3.05) is 13.1 Å². The van der Waals surface area contributed by atoms with Crippen molar-refractivity contribution in [1.82, 2.24) is 14.1 Å². The summed E-state index contributed by atoms with van der Waals surface area (Å²) in [7, 11) is -1.69. The van der Waals surface area contributed by atoms with Crippen molar-refractivity contribution in [2.24, 2.45) is 12.8 Å². The zero-order valence-electron chi connectivity index (χ0n) is 8.91. The molecule has 2 heterocycles. The number of aryl methyl sites for hydroxylation is 1. The van der Waals surface area contributed by atoms with E-state index in [2.05, 4.69) is 5.10 Å². The topological polar surface area (TPSA) is 81.2 Å². The Morgan fingerprint density at radius 1 is 1.56 bits per heavy atom. The van der Waals surface area contributed by atoms with Gasteiger partial charge in [-0.3, -0.25) is 4.68 Å². The lowest BCUT2D eigenvalue weighted by molar-refractivity contribution is 0.472. The highest BCUT2D eigenvalue weighted by molar-refractivity contribution is 7.89. The summed E-state index contributed by atoms with van der Waals surface area (Å²) >= 11 is 0. The molecule has 0 saturated carbocycles. The Morgan fingerprint density at radius 2 is 2.25 bits per heavy atom. The number of hydrogen-bond acceptors (Lipinski definition) is 4. The number of sulfonamides is 1. The van der Waals surface area contributed by atoms with Crippen molar-refractivity contribution < 1.29 is 8.42 Å². The lowest BCUT2D eigenvalue weighted by atomic mass is 10.3. The van der Waals surface area contributed by atoms with Gasteiger partial charge in [0.2, 0.25) is 10.0 Å². The third-order valence-corrected chi connectivity index (χ3v) is 4.32. The quantitative estimate of drug-likeness (QED) is 0.787. The Bertz CT molecular complexity index is 458. The molecule has 2 rings (SSSR count). The fourth-order valence-corrected chi connectivity index (χ4v) is 3.15. The Kier molecular flexibility index (Phi) is 3.95. The van der Waals surface area contributed by atoms with Crippen molar-refractivity contribution in [3.8, 4) is 0 Å². The summed E-state index contributed by atoms with van der Waals surface area (Å²) in [6, 6.07) is -0.0450. The Balaban J connectivity index is 0.00000128. The largest absolute Gasteiger partial charge is 0.326 e. The number of halogens is 1. The predicted octanol–water partition coefficient (Wildman–Crippen LogP) is -0.436. The van der Waals surface area contributed by atoms with Crippen LogP contribution in [0.2, 0.25) is 0 Å². The fraction of sp³-hybridized carbons (Fsp3) is 0.625. The van der Waals surface area contributed by atoms with Crippen LogP contribution in [0.3, 0.4) is 0 Å². The highest BCUT2D eigenvalue weighted by Gasteiger charge is 2.31. The van der Waals surface area contributed by atoms with E-state index in [1.54, 1.807) is 7.05 Å². The average Bonchev–Trinajstić information content (AvgIpc) is 2.74. The number of nitrogens with zero attached hydrogens (tertiary/aromatic N) is 3. The second-order valence-electron chi connectivity index (χ2n) is 3.76. The van der Waals surface area contributed by atoms with Crippen molar-refractivity contribution in [3.63, 3.8) is 0 Å². The van der Waals surface area contributed by atoms with Gasteiger partial charge >= 0.3 is 0 Å². The number of aromatic nitrogens is 2. The van der Waals surface area contributed by atoms with E-state index in [0.29, 0.717) is 13.1 Å². The molecule has 92 valence electrons. The number of hydrogen-bond donors (Lipinski definition) is 1. The molecule has 16 heavy (non-hydrogen) atoms. The van der Waals surface area contributed by atoms with Crippen LogP contribution in [0.15, 0.2) is 17.3 Å². The van der Waals surface area contributed by atoms with Crippen LogP contribution in [-0.4, -0.2) is 41.6 Å². The zero-order chi connectivity index (χ0) is 11.1. The van der Waals surface area contributed by atoms with Crippen LogP contribution in [0.4, 0.5) is 0 Å². The van der Waals surface area contributed by atoms with Crippen LogP contribution in [0.25, 0.3) is 0 Å². The molecule has 0 unspecified atom stereocenters. The van der Waals surface area contributed by atoms with Gasteiger partial charge in [-0.25, -0.2) is 8.42 Å². The highest BCUT2D eigenvalue weighted by atomic mass is 35.5. The lowest BCUT2D eigenvalue weighted by Crippen LogP contribution is -2.31. The first-order valence-corrected chi connectivity index (χ1v) is 6.18. The first-order chi connectivity index (χ1) is 7.00. The van der Waals surface area contributed by atoms with Crippen LogP contribution in [0.1, 0.15) is 6.42 Å². The first kappa shape index (κ1) is 13.4. The van der Waals surface area contributed by atoms with E-state index >= 15 is 0 Å². The van der Waals surface area contributed by atoms with Gasteiger partial charge in [-0.1, -0.05) is 0 Å². The maximum atomic E-state index is 12.0. The molecular formula is C8H15ClN4O2S. The molecule has 0 amide bonds. The van der Waals surface area contributed by atoms with E-state index < -0.39 is 10.0 Å². The van der Waals surface area contributed by atoms with Gasteiger partial charge in [-0.2, -0.15) is 9.40 Å². The van der Waals surface area contributed by atoms with Gasteiger partial charge in [0.1, 0.15) is 4.90 Å². The van der Waals surface area contributed by atoms with E-state index in [-0.39, 0.29) is 23.3 Å². The molecule has 0 bridgehead atoms. The van der Waals surface area contributed by atoms with E-state index in [4.69, 9.17) is 5.73 Å². The average molecular weight is 267 g/mol. The Morgan fingerprint density at radius 3 is 2.69 bits per heavy atom. The molecule has 0 aliphatic carbocycles.